The number of hydrogen-bond donors (Lipinski definition) is 1. The number of aromatic nitrogens is 1. The van der Waals surface area contributed by atoms with Crippen LogP contribution in [0.25, 0.3) is 0 Å². The number of pyridine rings is 1. The van der Waals surface area contributed by atoms with E-state index >= 15 is 0 Å². The largest absolute Gasteiger partial charge is 0.386 e. The molecule has 0 amide bonds. The summed E-state index contributed by atoms with van der Waals surface area (Å²) in [7, 11) is 2.14. The van der Waals surface area contributed by atoms with Crippen LogP contribution >= 0.6 is 0 Å². The van der Waals surface area contributed by atoms with E-state index in [-0.39, 0.29) is 0 Å². The van der Waals surface area contributed by atoms with Gasteiger partial charge in [-0.05, 0) is 27.0 Å². The highest BCUT2D eigenvalue weighted by Crippen LogP contribution is 2.21. The molecule has 1 aromatic rings. The third-order valence-electron chi connectivity index (χ3n) is 3.28. The summed E-state index contributed by atoms with van der Waals surface area (Å²) >= 11 is 0. The monoisotopic (exact) mass is 265 g/mol. The van der Waals surface area contributed by atoms with Crippen molar-refractivity contribution >= 4 is 5.82 Å². The average Bonchev–Trinajstić information content (AvgIpc) is 2.41. The first-order chi connectivity index (χ1) is 8.97. The van der Waals surface area contributed by atoms with E-state index in [9.17, 15) is 5.11 Å². The second-order valence-corrected chi connectivity index (χ2v) is 5.25. The molecule has 0 aliphatic carbocycles. The highest BCUT2D eigenvalue weighted by atomic mass is 16.3. The van der Waals surface area contributed by atoms with E-state index in [1.165, 1.54) is 0 Å². The van der Waals surface area contributed by atoms with Gasteiger partial charge in [-0.15, -0.1) is 0 Å². The zero-order valence-electron chi connectivity index (χ0n) is 12.8. The summed E-state index contributed by atoms with van der Waals surface area (Å²) in [6.07, 6.45) is 1.77. The number of aliphatic hydroxyl groups is 1. The van der Waals surface area contributed by atoms with Gasteiger partial charge >= 0.3 is 0 Å². The molecule has 2 rings (SSSR count). The maximum atomic E-state index is 9.86. The Bertz CT molecular complexity index is 362. The fourth-order valence-electron chi connectivity index (χ4n) is 1.97. The van der Waals surface area contributed by atoms with Crippen molar-refractivity contribution in [3.63, 3.8) is 0 Å². The van der Waals surface area contributed by atoms with E-state index in [0.29, 0.717) is 0 Å². The van der Waals surface area contributed by atoms with Crippen molar-refractivity contribution in [3.05, 3.63) is 23.9 Å². The van der Waals surface area contributed by atoms with E-state index in [1.54, 1.807) is 20.0 Å². The summed E-state index contributed by atoms with van der Waals surface area (Å²) in [4.78, 5) is 9.05. The molecule has 108 valence electrons. The molecule has 19 heavy (non-hydrogen) atoms. The van der Waals surface area contributed by atoms with E-state index in [4.69, 9.17) is 0 Å². The Morgan fingerprint density at radius 2 is 1.68 bits per heavy atom. The highest BCUT2D eigenvalue weighted by molar-refractivity contribution is 5.40. The topological polar surface area (TPSA) is 39.6 Å². The SMILES string of the molecule is CC.CN1CCN(c2ccc(C(C)(C)O)cn2)CC1. The summed E-state index contributed by atoms with van der Waals surface area (Å²) in [5.41, 5.74) is 0.0450. The molecule has 4 heteroatoms. The van der Waals surface area contributed by atoms with E-state index < -0.39 is 5.60 Å². The van der Waals surface area contributed by atoms with Gasteiger partial charge in [0, 0.05) is 37.9 Å². The Morgan fingerprint density at radius 3 is 2.11 bits per heavy atom. The third-order valence-corrected chi connectivity index (χ3v) is 3.28. The van der Waals surface area contributed by atoms with Crippen LogP contribution in [0.4, 0.5) is 5.82 Å². The molecular formula is C15H27N3O. The molecule has 1 saturated heterocycles. The summed E-state index contributed by atoms with van der Waals surface area (Å²) in [6, 6.07) is 3.96. The van der Waals surface area contributed by atoms with Gasteiger partial charge < -0.3 is 14.9 Å². The van der Waals surface area contributed by atoms with Gasteiger partial charge in [-0.3, -0.25) is 0 Å². The van der Waals surface area contributed by atoms with E-state index in [2.05, 4.69) is 21.8 Å². The number of anilines is 1. The molecule has 0 unspecified atom stereocenters. The highest BCUT2D eigenvalue weighted by Gasteiger charge is 2.18. The van der Waals surface area contributed by atoms with Gasteiger partial charge in [0.2, 0.25) is 0 Å². The number of rotatable bonds is 2. The second-order valence-electron chi connectivity index (χ2n) is 5.25. The predicted molar refractivity (Wildman–Crippen MR) is 80.5 cm³/mol. The molecule has 2 heterocycles. The lowest BCUT2D eigenvalue weighted by Crippen LogP contribution is -2.44. The summed E-state index contributed by atoms with van der Waals surface area (Å²) in [5.74, 6) is 1.01. The van der Waals surface area contributed by atoms with Crippen molar-refractivity contribution in [1.82, 2.24) is 9.88 Å². The minimum Gasteiger partial charge on any atom is -0.386 e. The van der Waals surface area contributed by atoms with Crippen LogP contribution in [0.15, 0.2) is 18.3 Å². The van der Waals surface area contributed by atoms with Gasteiger partial charge in [0.15, 0.2) is 0 Å². The van der Waals surface area contributed by atoms with Gasteiger partial charge in [-0.25, -0.2) is 4.98 Å². The van der Waals surface area contributed by atoms with Crippen LogP contribution < -0.4 is 4.90 Å². The standard InChI is InChI=1S/C13H21N3O.C2H6/c1-13(2,17)11-4-5-12(14-10-11)16-8-6-15(3)7-9-16;1-2/h4-5,10,17H,6-9H2,1-3H3;1-2H3. The molecule has 0 saturated carbocycles. The molecule has 1 aliphatic rings. The Hall–Kier alpha value is -1.13. The molecule has 1 aromatic heterocycles. The van der Waals surface area contributed by atoms with Crippen molar-refractivity contribution in [2.24, 2.45) is 0 Å². The van der Waals surface area contributed by atoms with Gasteiger partial charge in [0.25, 0.3) is 0 Å². The zero-order chi connectivity index (χ0) is 14.5. The zero-order valence-corrected chi connectivity index (χ0v) is 12.8. The molecule has 0 spiro atoms. The molecule has 0 aromatic carbocycles. The maximum Gasteiger partial charge on any atom is 0.128 e. The van der Waals surface area contributed by atoms with Crippen molar-refractivity contribution in [2.45, 2.75) is 33.3 Å². The minimum atomic E-state index is -0.812. The first kappa shape index (κ1) is 15.9. The van der Waals surface area contributed by atoms with Crippen LogP contribution in [0.3, 0.4) is 0 Å². The number of piperazine rings is 1. The Balaban J connectivity index is 0.000000861. The molecule has 1 N–H and O–H groups in total. The van der Waals surface area contributed by atoms with E-state index in [1.807, 2.05) is 26.0 Å². The lowest BCUT2D eigenvalue weighted by atomic mass is 10.0. The van der Waals surface area contributed by atoms with Crippen molar-refractivity contribution < 1.29 is 5.11 Å². The first-order valence-electron chi connectivity index (χ1n) is 7.09. The fraction of sp³-hybridized carbons (Fsp3) is 0.667. The van der Waals surface area contributed by atoms with Gasteiger partial charge in [-0.2, -0.15) is 0 Å². The Morgan fingerprint density at radius 1 is 1.11 bits per heavy atom. The first-order valence-corrected chi connectivity index (χ1v) is 7.09. The molecule has 0 atom stereocenters. The number of nitrogens with zero attached hydrogens (tertiary/aromatic N) is 3. The third kappa shape index (κ3) is 4.48. The van der Waals surface area contributed by atoms with Gasteiger partial charge in [0.05, 0.1) is 5.60 Å². The normalized spacial score (nSPS) is 16.8. The van der Waals surface area contributed by atoms with Crippen molar-refractivity contribution in [2.75, 3.05) is 38.1 Å². The molecule has 1 fully saturated rings. The molecule has 1 aliphatic heterocycles. The van der Waals surface area contributed by atoms with Crippen molar-refractivity contribution in [3.8, 4) is 0 Å². The maximum absolute atomic E-state index is 9.86. The fourth-order valence-corrected chi connectivity index (χ4v) is 1.97. The molecule has 0 bridgehead atoms. The van der Waals surface area contributed by atoms with Crippen LogP contribution in [0.5, 0.6) is 0 Å². The number of hydrogen-bond acceptors (Lipinski definition) is 4. The predicted octanol–water partition coefficient (Wildman–Crippen LogP) is 2.09. The average molecular weight is 265 g/mol. The summed E-state index contributed by atoms with van der Waals surface area (Å²) < 4.78 is 0. The smallest absolute Gasteiger partial charge is 0.128 e. The van der Waals surface area contributed by atoms with Crippen molar-refractivity contribution in [1.29, 1.82) is 0 Å². The van der Waals surface area contributed by atoms with Gasteiger partial charge in [-0.1, -0.05) is 19.9 Å². The lowest BCUT2D eigenvalue weighted by molar-refractivity contribution is 0.0782. The minimum absolute atomic E-state index is 0.812. The van der Waals surface area contributed by atoms with Crippen LogP contribution in [0.1, 0.15) is 33.3 Å². The second kappa shape index (κ2) is 6.87. The lowest BCUT2D eigenvalue weighted by Gasteiger charge is -2.33. The summed E-state index contributed by atoms with van der Waals surface area (Å²) in [6.45, 7) is 11.7. The van der Waals surface area contributed by atoms with Gasteiger partial charge in [0.1, 0.15) is 5.82 Å². The van der Waals surface area contributed by atoms with Crippen LogP contribution in [0, 0.1) is 0 Å². The Labute approximate surface area is 117 Å². The van der Waals surface area contributed by atoms with E-state index in [0.717, 1.165) is 37.6 Å². The molecular weight excluding hydrogens is 238 g/mol. The quantitative estimate of drug-likeness (QED) is 0.889. The van der Waals surface area contributed by atoms with Crippen LogP contribution in [-0.4, -0.2) is 48.2 Å². The molecule has 0 radical (unpaired) electrons. The van der Waals surface area contributed by atoms with Crippen LogP contribution in [-0.2, 0) is 5.60 Å². The van der Waals surface area contributed by atoms with Crippen LogP contribution in [0.2, 0.25) is 0 Å². The molecule has 4 nitrogen and oxygen atoms in total. The number of likely N-dealkylation sites (N-methyl/N-ethyl adjacent to an activating group) is 1. The Kier molecular flexibility index (Phi) is 5.76. The summed E-state index contributed by atoms with van der Waals surface area (Å²) in [5, 5.41) is 9.86.